The molecule has 2 aromatic heterocycles. The van der Waals surface area contributed by atoms with Crippen molar-refractivity contribution in [2.24, 2.45) is 0 Å². The lowest BCUT2D eigenvalue weighted by atomic mass is 10.0. The van der Waals surface area contributed by atoms with Gasteiger partial charge in [0.1, 0.15) is 27.9 Å². The summed E-state index contributed by atoms with van der Waals surface area (Å²) in [6, 6.07) is 6.89. The summed E-state index contributed by atoms with van der Waals surface area (Å²) >= 11 is 1.27. The van der Waals surface area contributed by atoms with Gasteiger partial charge in [0, 0.05) is 61.0 Å². The first kappa shape index (κ1) is 20.0. The number of fused-ring (bicyclic) bond motifs is 2. The zero-order valence-electron chi connectivity index (χ0n) is 17.2. The molecule has 4 heterocycles. The maximum absolute atomic E-state index is 14.9. The zero-order chi connectivity index (χ0) is 21.5. The van der Waals surface area contributed by atoms with Crippen LogP contribution >= 0.6 is 11.3 Å². The first-order valence-electron chi connectivity index (χ1n) is 10.4. The number of carbonyl (C=O) groups is 1. The van der Waals surface area contributed by atoms with Crippen LogP contribution in [0.25, 0.3) is 10.2 Å². The molecule has 4 N–H and O–H groups in total. The second-order valence-electron chi connectivity index (χ2n) is 7.98. The van der Waals surface area contributed by atoms with Crippen LogP contribution in [0.2, 0.25) is 0 Å². The Morgan fingerprint density at radius 2 is 2.16 bits per heavy atom. The second-order valence-corrected chi connectivity index (χ2v) is 8.98. The molecule has 1 fully saturated rings. The van der Waals surface area contributed by atoms with Crippen molar-refractivity contribution in [3.63, 3.8) is 0 Å². The van der Waals surface area contributed by atoms with E-state index in [1.165, 1.54) is 11.3 Å². The van der Waals surface area contributed by atoms with Crippen LogP contribution in [0.15, 0.2) is 24.3 Å². The van der Waals surface area contributed by atoms with Crippen LogP contribution in [0, 0.1) is 12.7 Å². The summed E-state index contributed by atoms with van der Waals surface area (Å²) in [6.07, 6.45) is 0.372. The van der Waals surface area contributed by atoms with E-state index >= 15 is 0 Å². The minimum atomic E-state index is -0.334. The van der Waals surface area contributed by atoms with Crippen molar-refractivity contribution in [2.75, 3.05) is 43.4 Å². The summed E-state index contributed by atoms with van der Waals surface area (Å²) in [4.78, 5) is 20.6. The van der Waals surface area contributed by atoms with Crippen LogP contribution in [0.3, 0.4) is 0 Å². The molecule has 2 aliphatic heterocycles. The number of thiophene rings is 1. The molecule has 162 valence electrons. The predicted octanol–water partition coefficient (Wildman–Crippen LogP) is 2.47. The molecule has 1 saturated heterocycles. The molecule has 0 aliphatic carbocycles. The largest absolute Gasteiger partial charge is 0.491 e. The molecule has 9 heteroatoms. The van der Waals surface area contributed by atoms with Crippen molar-refractivity contribution >= 4 is 38.8 Å². The predicted molar refractivity (Wildman–Crippen MR) is 121 cm³/mol. The Kier molecular flexibility index (Phi) is 5.15. The molecule has 31 heavy (non-hydrogen) atoms. The zero-order valence-corrected chi connectivity index (χ0v) is 18.0. The molecule has 5 rings (SSSR count). The monoisotopic (exact) mass is 441 g/mol. The van der Waals surface area contributed by atoms with Crippen LogP contribution in [0.5, 0.6) is 5.75 Å². The van der Waals surface area contributed by atoms with Gasteiger partial charge in [-0.1, -0.05) is 0 Å². The number of pyridine rings is 1. The van der Waals surface area contributed by atoms with Gasteiger partial charge in [0.2, 0.25) is 0 Å². The molecule has 3 aromatic rings. The maximum Gasteiger partial charge on any atom is 0.263 e. The first-order chi connectivity index (χ1) is 15.0. The third kappa shape index (κ3) is 3.79. The molecule has 1 atom stereocenters. The Labute approximate surface area is 183 Å². The van der Waals surface area contributed by atoms with E-state index in [0.29, 0.717) is 28.3 Å². The number of carbonyl (C=O) groups excluding carboxylic acids is 1. The second kappa shape index (κ2) is 7.97. The van der Waals surface area contributed by atoms with Crippen LogP contribution in [-0.4, -0.2) is 49.7 Å². The van der Waals surface area contributed by atoms with Gasteiger partial charge in [-0.15, -0.1) is 11.3 Å². The standard InChI is InChI=1S/C22H24FN5O2S/c1-12-2-3-15-19(24)20(31-22(15)26-12)21(29)27-13-8-16-17(23)9-14(10-18(16)30-11-13)28-6-4-25-5-7-28/h2-3,9-10,13,25H,4-8,11,24H2,1H3,(H,27,29)/t13-/m0/s1. The van der Waals surface area contributed by atoms with E-state index in [-0.39, 0.29) is 24.4 Å². The van der Waals surface area contributed by atoms with Gasteiger partial charge in [0.25, 0.3) is 5.91 Å². The summed E-state index contributed by atoms with van der Waals surface area (Å²) in [5.41, 5.74) is 8.82. The maximum atomic E-state index is 14.9. The fraction of sp³-hybridized carbons (Fsp3) is 0.364. The molecule has 0 unspecified atom stereocenters. The number of ether oxygens (including phenoxy) is 1. The number of piperazine rings is 1. The number of aromatic nitrogens is 1. The van der Waals surface area contributed by atoms with Crippen molar-refractivity contribution in [1.29, 1.82) is 0 Å². The van der Waals surface area contributed by atoms with E-state index in [1.807, 2.05) is 25.1 Å². The molecule has 7 nitrogen and oxygen atoms in total. The number of hydrogen-bond acceptors (Lipinski definition) is 7. The third-order valence-corrected chi connectivity index (χ3v) is 6.90. The third-order valence-electron chi connectivity index (χ3n) is 5.79. The number of aryl methyl sites for hydroxylation is 1. The van der Waals surface area contributed by atoms with E-state index in [1.54, 1.807) is 6.07 Å². The highest BCUT2D eigenvalue weighted by Crippen LogP contribution is 2.34. The number of nitrogens with one attached hydrogen (secondary N) is 2. The van der Waals surface area contributed by atoms with E-state index in [4.69, 9.17) is 10.5 Å². The summed E-state index contributed by atoms with van der Waals surface area (Å²) in [5.74, 6) is -0.0286. The quantitative estimate of drug-likeness (QED) is 0.578. The van der Waals surface area contributed by atoms with Crippen LogP contribution in [-0.2, 0) is 6.42 Å². The number of anilines is 2. The molecule has 1 aromatic carbocycles. The van der Waals surface area contributed by atoms with E-state index < -0.39 is 0 Å². The SMILES string of the molecule is Cc1ccc2c(N)c(C(=O)N[C@@H]3COc4cc(N5CCNCC5)cc(F)c4C3)sc2n1. The Bertz CT molecular complexity index is 1160. The number of nitrogens with zero attached hydrogens (tertiary/aromatic N) is 2. The lowest BCUT2D eigenvalue weighted by molar-refractivity contribution is 0.0919. The average molecular weight is 442 g/mol. The van der Waals surface area contributed by atoms with Crippen LogP contribution in [0.1, 0.15) is 20.9 Å². The molecule has 2 aliphatic rings. The molecular formula is C22H24FN5O2S. The number of hydrogen-bond donors (Lipinski definition) is 3. The number of rotatable bonds is 3. The topological polar surface area (TPSA) is 92.5 Å². The summed E-state index contributed by atoms with van der Waals surface area (Å²) in [7, 11) is 0. The normalized spacial score (nSPS) is 18.5. The van der Waals surface area contributed by atoms with Crippen LogP contribution in [0.4, 0.5) is 15.8 Å². The van der Waals surface area contributed by atoms with E-state index in [9.17, 15) is 9.18 Å². The summed E-state index contributed by atoms with van der Waals surface area (Å²) in [5, 5.41) is 7.02. The van der Waals surface area contributed by atoms with Gasteiger partial charge in [0.15, 0.2) is 0 Å². The molecule has 0 bridgehead atoms. The first-order valence-corrected chi connectivity index (χ1v) is 11.2. The van der Waals surface area contributed by atoms with E-state index in [2.05, 4.69) is 20.5 Å². The number of nitrogen functional groups attached to an aromatic ring is 1. The number of nitrogens with two attached hydrogens (primary N) is 1. The number of benzene rings is 1. The van der Waals surface area contributed by atoms with Crippen LogP contribution < -0.4 is 26.0 Å². The van der Waals surface area contributed by atoms with Gasteiger partial charge in [-0.05, 0) is 25.1 Å². The van der Waals surface area contributed by atoms with Crippen molar-refractivity contribution in [2.45, 2.75) is 19.4 Å². The highest BCUT2D eigenvalue weighted by Gasteiger charge is 2.27. The van der Waals surface area contributed by atoms with Crippen molar-refractivity contribution in [3.05, 3.63) is 46.2 Å². The molecule has 0 saturated carbocycles. The fourth-order valence-electron chi connectivity index (χ4n) is 4.13. The number of halogens is 1. The van der Waals surface area contributed by atoms with Crippen molar-refractivity contribution < 1.29 is 13.9 Å². The minimum Gasteiger partial charge on any atom is -0.491 e. The lowest BCUT2D eigenvalue weighted by Gasteiger charge is -2.32. The fourth-order valence-corrected chi connectivity index (χ4v) is 5.17. The highest BCUT2D eigenvalue weighted by molar-refractivity contribution is 7.21. The number of amides is 1. The van der Waals surface area contributed by atoms with Gasteiger partial charge in [0.05, 0.1) is 11.7 Å². The van der Waals surface area contributed by atoms with Gasteiger partial charge in [-0.25, -0.2) is 9.37 Å². The van der Waals surface area contributed by atoms with Gasteiger partial charge in [-0.2, -0.15) is 0 Å². The highest BCUT2D eigenvalue weighted by atomic mass is 32.1. The summed E-state index contributed by atoms with van der Waals surface area (Å²) < 4.78 is 20.8. The molecule has 0 radical (unpaired) electrons. The average Bonchev–Trinajstić information content (AvgIpc) is 3.10. The van der Waals surface area contributed by atoms with Gasteiger partial charge >= 0.3 is 0 Å². The molecule has 0 spiro atoms. The Balaban J connectivity index is 1.33. The molecular weight excluding hydrogens is 417 g/mol. The van der Waals surface area contributed by atoms with Crippen molar-refractivity contribution in [1.82, 2.24) is 15.6 Å². The Morgan fingerprint density at radius 1 is 1.35 bits per heavy atom. The molecule has 1 amide bonds. The van der Waals surface area contributed by atoms with Gasteiger partial charge in [-0.3, -0.25) is 4.79 Å². The smallest absolute Gasteiger partial charge is 0.263 e. The lowest BCUT2D eigenvalue weighted by Crippen LogP contribution is -2.44. The summed E-state index contributed by atoms with van der Waals surface area (Å²) in [6.45, 7) is 5.61. The van der Waals surface area contributed by atoms with Gasteiger partial charge < -0.3 is 26.0 Å². The van der Waals surface area contributed by atoms with E-state index in [0.717, 1.165) is 47.8 Å². The Hall–Kier alpha value is -2.91. The minimum absolute atomic E-state index is 0.283. The van der Waals surface area contributed by atoms with Crippen molar-refractivity contribution in [3.8, 4) is 5.75 Å². The Morgan fingerprint density at radius 3 is 2.97 bits per heavy atom.